The number of benzene rings is 2. The predicted octanol–water partition coefficient (Wildman–Crippen LogP) is 4.91. The van der Waals surface area contributed by atoms with Crippen LogP contribution in [0.15, 0.2) is 46.9 Å². The largest absolute Gasteiger partial charge is 0.389 e. The van der Waals surface area contributed by atoms with Crippen molar-refractivity contribution in [3.05, 3.63) is 63.1 Å². The van der Waals surface area contributed by atoms with Gasteiger partial charge in [-0.2, -0.15) is 0 Å². The molecule has 0 heterocycles. The number of nitrogens with one attached hydrogen (secondary N) is 1. The van der Waals surface area contributed by atoms with Gasteiger partial charge in [0, 0.05) is 26.8 Å². The van der Waals surface area contributed by atoms with Crippen LogP contribution in [0, 0.1) is 0 Å². The van der Waals surface area contributed by atoms with Crippen LogP contribution < -0.4 is 11.1 Å². The second kappa shape index (κ2) is 6.57. The third-order valence-electron chi connectivity index (χ3n) is 2.97. The molecule has 2 aromatic rings. The molecule has 0 aliphatic heterocycles. The first kappa shape index (κ1) is 15.3. The molecule has 0 saturated heterocycles. The van der Waals surface area contributed by atoms with E-state index in [0.717, 1.165) is 15.7 Å². The highest BCUT2D eigenvalue weighted by Gasteiger charge is 2.10. The molecule has 2 nitrogen and oxygen atoms in total. The molecule has 2 aromatic carbocycles. The first-order valence-corrected chi connectivity index (χ1v) is 7.66. The number of nitrogens with two attached hydrogens (primary N) is 1. The third-order valence-corrected chi connectivity index (χ3v) is 3.92. The van der Waals surface area contributed by atoms with Gasteiger partial charge in [-0.25, -0.2) is 0 Å². The number of thiocarbonyl (C=S) groups is 1. The standard InChI is InChI=1S/C15H14BrClN2S/c1-9(10-3-2-4-11(16)7-10)19-14-6-5-12(17)8-13(14)15(18)20/h2-9,19H,1H3,(H2,18,20). The molecular formula is C15H14BrClN2S. The molecule has 20 heavy (non-hydrogen) atoms. The zero-order valence-corrected chi connectivity index (χ0v) is 14.0. The van der Waals surface area contributed by atoms with Gasteiger partial charge in [-0.1, -0.05) is 51.9 Å². The van der Waals surface area contributed by atoms with Gasteiger partial charge in [0.1, 0.15) is 4.99 Å². The van der Waals surface area contributed by atoms with Crippen LogP contribution in [0.3, 0.4) is 0 Å². The third kappa shape index (κ3) is 3.72. The Morgan fingerprint density at radius 3 is 2.70 bits per heavy atom. The minimum atomic E-state index is 0.127. The van der Waals surface area contributed by atoms with E-state index in [1.807, 2.05) is 24.3 Å². The van der Waals surface area contributed by atoms with Crippen molar-refractivity contribution in [2.24, 2.45) is 5.73 Å². The van der Waals surface area contributed by atoms with Gasteiger partial charge in [-0.05, 0) is 42.8 Å². The topological polar surface area (TPSA) is 38.0 Å². The summed E-state index contributed by atoms with van der Waals surface area (Å²) in [6, 6.07) is 13.8. The average Bonchev–Trinajstić information content (AvgIpc) is 2.40. The highest BCUT2D eigenvalue weighted by molar-refractivity contribution is 9.10. The van der Waals surface area contributed by atoms with E-state index in [1.54, 1.807) is 6.07 Å². The van der Waals surface area contributed by atoms with Crippen LogP contribution >= 0.6 is 39.7 Å². The predicted molar refractivity (Wildman–Crippen MR) is 93.5 cm³/mol. The minimum absolute atomic E-state index is 0.127. The number of anilines is 1. The summed E-state index contributed by atoms with van der Waals surface area (Å²) in [5.41, 5.74) is 8.56. The molecule has 2 rings (SSSR count). The van der Waals surface area contributed by atoms with Gasteiger partial charge in [0.25, 0.3) is 0 Å². The number of hydrogen-bond donors (Lipinski definition) is 2. The van der Waals surface area contributed by atoms with Gasteiger partial charge in [-0.3, -0.25) is 0 Å². The monoisotopic (exact) mass is 368 g/mol. The highest BCUT2D eigenvalue weighted by Crippen LogP contribution is 2.26. The summed E-state index contributed by atoms with van der Waals surface area (Å²) in [6.07, 6.45) is 0. The lowest BCUT2D eigenvalue weighted by Crippen LogP contribution is -2.15. The maximum Gasteiger partial charge on any atom is 0.106 e. The smallest absolute Gasteiger partial charge is 0.106 e. The van der Waals surface area contributed by atoms with Crippen LogP contribution in [-0.4, -0.2) is 4.99 Å². The molecular weight excluding hydrogens is 356 g/mol. The molecule has 0 aliphatic rings. The SMILES string of the molecule is CC(Nc1ccc(Cl)cc1C(N)=S)c1cccc(Br)c1. The van der Waals surface area contributed by atoms with Crippen molar-refractivity contribution in [2.75, 3.05) is 5.32 Å². The van der Waals surface area contributed by atoms with Crippen molar-refractivity contribution in [3.63, 3.8) is 0 Å². The summed E-state index contributed by atoms with van der Waals surface area (Å²) in [6.45, 7) is 2.08. The molecule has 0 bridgehead atoms. The molecule has 5 heteroatoms. The van der Waals surface area contributed by atoms with E-state index in [-0.39, 0.29) is 6.04 Å². The van der Waals surface area contributed by atoms with Crippen LogP contribution in [0.4, 0.5) is 5.69 Å². The summed E-state index contributed by atoms with van der Waals surface area (Å²) in [4.78, 5) is 0.330. The molecule has 1 atom stereocenters. The van der Waals surface area contributed by atoms with Crippen LogP contribution in [-0.2, 0) is 0 Å². The summed E-state index contributed by atoms with van der Waals surface area (Å²) in [7, 11) is 0. The van der Waals surface area contributed by atoms with E-state index in [4.69, 9.17) is 29.6 Å². The maximum absolute atomic E-state index is 5.99. The first-order chi connectivity index (χ1) is 9.47. The number of hydrogen-bond acceptors (Lipinski definition) is 2. The van der Waals surface area contributed by atoms with Crippen molar-refractivity contribution in [3.8, 4) is 0 Å². The number of halogens is 2. The van der Waals surface area contributed by atoms with Crippen LogP contribution in [0.25, 0.3) is 0 Å². The lowest BCUT2D eigenvalue weighted by molar-refractivity contribution is 0.883. The van der Waals surface area contributed by atoms with Crippen molar-refractivity contribution in [1.29, 1.82) is 0 Å². The van der Waals surface area contributed by atoms with Crippen LogP contribution in [0.5, 0.6) is 0 Å². The molecule has 104 valence electrons. The Hall–Kier alpha value is -1.10. The van der Waals surface area contributed by atoms with E-state index in [1.165, 1.54) is 5.56 Å². The zero-order valence-electron chi connectivity index (χ0n) is 10.9. The van der Waals surface area contributed by atoms with E-state index in [0.29, 0.717) is 10.0 Å². The Kier molecular flexibility index (Phi) is 5.02. The van der Waals surface area contributed by atoms with Gasteiger partial charge in [0.15, 0.2) is 0 Å². The Bertz CT molecular complexity index is 646. The summed E-state index contributed by atoms with van der Waals surface area (Å²) in [5.74, 6) is 0. The van der Waals surface area contributed by atoms with Crippen molar-refractivity contribution in [2.45, 2.75) is 13.0 Å². The van der Waals surface area contributed by atoms with Gasteiger partial charge in [0.05, 0.1) is 0 Å². The fourth-order valence-electron chi connectivity index (χ4n) is 1.94. The maximum atomic E-state index is 5.99. The number of rotatable bonds is 4. The fraction of sp³-hybridized carbons (Fsp3) is 0.133. The normalized spacial score (nSPS) is 11.9. The van der Waals surface area contributed by atoms with E-state index in [9.17, 15) is 0 Å². The van der Waals surface area contributed by atoms with Crippen LogP contribution in [0.1, 0.15) is 24.1 Å². The van der Waals surface area contributed by atoms with E-state index >= 15 is 0 Å². The summed E-state index contributed by atoms with van der Waals surface area (Å²) < 4.78 is 1.05. The van der Waals surface area contributed by atoms with Gasteiger partial charge >= 0.3 is 0 Å². The summed E-state index contributed by atoms with van der Waals surface area (Å²) >= 11 is 14.5. The van der Waals surface area contributed by atoms with E-state index < -0.39 is 0 Å². The Morgan fingerprint density at radius 2 is 2.05 bits per heavy atom. The average molecular weight is 370 g/mol. The Morgan fingerprint density at radius 1 is 1.30 bits per heavy atom. The minimum Gasteiger partial charge on any atom is -0.389 e. The van der Waals surface area contributed by atoms with E-state index in [2.05, 4.69) is 40.3 Å². The van der Waals surface area contributed by atoms with Crippen molar-refractivity contribution >= 4 is 50.4 Å². The molecule has 0 fully saturated rings. The Balaban J connectivity index is 2.28. The molecule has 0 aromatic heterocycles. The van der Waals surface area contributed by atoms with Gasteiger partial charge < -0.3 is 11.1 Å². The van der Waals surface area contributed by atoms with Crippen LogP contribution in [0.2, 0.25) is 5.02 Å². The zero-order chi connectivity index (χ0) is 14.7. The molecule has 0 amide bonds. The summed E-state index contributed by atoms with van der Waals surface area (Å²) in [5, 5.41) is 4.03. The van der Waals surface area contributed by atoms with Gasteiger partial charge in [-0.15, -0.1) is 0 Å². The van der Waals surface area contributed by atoms with Gasteiger partial charge in [0.2, 0.25) is 0 Å². The second-order valence-electron chi connectivity index (χ2n) is 4.48. The molecule has 0 radical (unpaired) electrons. The molecule has 0 aliphatic carbocycles. The lowest BCUT2D eigenvalue weighted by Gasteiger charge is -2.18. The first-order valence-electron chi connectivity index (χ1n) is 6.08. The van der Waals surface area contributed by atoms with Crippen molar-refractivity contribution < 1.29 is 0 Å². The fourth-order valence-corrected chi connectivity index (χ4v) is 2.70. The lowest BCUT2D eigenvalue weighted by atomic mass is 10.1. The second-order valence-corrected chi connectivity index (χ2v) is 6.27. The molecule has 0 saturated carbocycles. The van der Waals surface area contributed by atoms with Crippen molar-refractivity contribution in [1.82, 2.24) is 0 Å². The molecule has 3 N–H and O–H groups in total. The highest BCUT2D eigenvalue weighted by atomic mass is 79.9. The molecule has 0 spiro atoms. The quantitative estimate of drug-likeness (QED) is 0.752. The Labute approximate surface area is 137 Å². The molecule has 1 unspecified atom stereocenters.